The van der Waals surface area contributed by atoms with Crippen LogP contribution < -0.4 is 0 Å². The molecule has 2 N–H and O–H groups in total. The first kappa shape index (κ1) is 13.0. The molecule has 0 radical (unpaired) electrons. The quantitative estimate of drug-likeness (QED) is 0.857. The van der Waals surface area contributed by atoms with Crippen LogP contribution in [0.15, 0.2) is 18.2 Å². The van der Waals surface area contributed by atoms with Crippen molar-refractivity contribution in [1.29, 1.82) is 0 Å². The van der Waals surface area contributed by atoms with Crippen molar-refractivity contribution in [2.24, 2.45) is 5.41 Å². The Labute approximate surface area is 99.7 Å². The first-order valence-electron chi connectivity index (χ1n) is 4.94. The summed E-state index contributed by atoms with van der Waals surface area (Å²) in [6.07, 6.45) is -1.05. The van der Waals surface area contributed by atoms with E-state index in [2.05, 4.69) is 0 Å². The van der Waals surface area contributed by atoms with Crippen LogP contribution in [-0.4, -0.2) is 16.2 Å². The lowest BCUT2D eigenvalue weighted by molar-refractivity contribution is -0.153. The van der Waals surface area contributed by atoms with Crippen molar-refractivity contribution in [3.8, 4) is 0 Å². The van der Waals surface area contributed by atoms with E-state index in [1.165, 1.54) is 13.8 Å². The molecule has 0 bridgehead atoms. The summed E-state index contributed by atoms with van der Waals surface area (Å²) < 4.78 is 0. The molecule has 0 aliphatic carbocycles. The lowest BCUT2D eigenvalue weighted by Crippen LogP contribution is -2.31. The summed E-state index contributed by atoms with van der Waals surface area (Å²) in [6.45, 7) is 4.78. The highest BCUT2D eigenvalue weighted by Crippen LogP contribution is 2.35. The average Bonchev–Trinajstić information content (AvgIpc) is 2.16. The van der Waals surface area contributed by atoms with E-state index in [0.717, 1.165) is 5.56 Å². The summed E-state index contributed by atoms with van der Waals surface area (Å²) in [7, 11) is 0. The Kier molecular flexibility index (Phi) is 3.61. The van der Waals surface area contributed by atoms with Crippen LogP contribution in [-0.2, 0) is 4.79 Å². The van der Waals surface area contributed by atoms with Crippen LogP contribution in [0.4, 0.5) is 0 Å². The van der Waals surface area contributed by atoms with E-state index in [1.807, 2.05) is 0 Å². The number of aliphatic hydroxyl groups is 1. The molecule has 0 aromatic heterocycles. The minimum atomic E-state index is -1.22. The lowest BCUT2D eigenvalue weighted by atomic mass is 9.81. The van der Waals surface area contributed by atoms with Crippen molar-refractivity contribution >= 4 is 17.6 Å². The van der Waals surface area contributed by atoms with Crippen LogP contribution in [0.25, 0.3) is 0 Å². The first-order chi connectivity index (χ1) is 7.26. The Morgan fingerprint density at radius 1 is 1.44 bits per heavy atom. The molecule has 0 spiro atoms. The molecular weight excluding hydrogens is 228 g/mol. The molecule has 1 aromatic carbocycles. The highest BCUT2D eigenvalue weighted by molar-refractivity contribution is 6.30. The van der Waals surface area contributed by atoms with Gasteiger partial charge < -0.3 is 10.2 Å². The van der Waals surface area contributed by atoms with Gasteiger partial charge in [-0.15, -0.1) is 0 Å². The number of hydrogen-bond donors (Lipinski definition) is 2. The van der Waals surface area contributed by atoms with E-state index in [4.69, 9.17) is 16.7 Å². The van der Waals surface area contributed by atoms with Gasteiger partial charge in [0.2, 0.25) is 0 Å². The van der Waals surface area contributed by atoms with E-state index in [0.29, 0.717) is 10.6 Å². The van der Waals surface area contributed by atoms with Gasteiger partial charge in [-0.3, -0.25) is 4.79 Å². The number of aliphatic carboxylic acids is 1. The van der Waals surface area contributed by atoms with Crippen molar-refractivity contribution in [2.75, 3.05) is 0 Å². The number of halogens is 1. The maximum atomic E-state index is 11.0. The fraction of sp³-hybridized carbons (Fsp3) is 0.417. The average molecular weight is 243 g/mol. The monoisotopic (exact) mass is 242 g/mol. The van der Waals surface area contributed by atoms with Gasteiger partial charge in [-0.2, -0.15) is 0 Å². The maximum absolute atomic E-state index is 11.0. The molecule has 1 unspecified atom stereocenters. The van der Waals surface area contributed by atoms with Gasteiger partial charge in [-0.1, -0.05) is 17.7 Å². The molecule has 1 aromatic rings. The number of aryl methyl sites for hydroxylation is 1. The lowest BCUT2D eigenvalue weighted by Gasteiger charge is -2.27. The topological polar surface area (TPSA) is 57.5 Å². The third-order valence-electron chi connectivity index (χ3n) is 2.76. The normalized spacial score (nSPS) is 13.6. The summed E-state index contributed by atoms with van der Waals surface area (Å²) in [5.74, 6) is -1.03. The van der Waals surface area contributed by atoms with E-state index < -0.39 is 17.5 Å². The Hall–Kier alpha value is -1.06. The van der Waals surface area contributed by atoms with Gasteiger partial charge in [-0.05, 0) is 44.0 Å². The zero-order chi connectivity index (χ0) is 12.5. The SMILES string of the molecule is Cc1cc(Cl)ccc1C(O)C(C)(C)C(=O)O. The molecule has 3 nitrogen and oxygen atoms in total. The summed E-state index contributed by atoms with van der Waals surface area (Å²) in [5.41, 5.74) is 0.157. The summed E-state index contributed by atoms with van der Waals surface area (Å²) in [5, 5.41) is 19.7. The van der Waals surface area contributed by atoms with Gasteiger partial charge >= 0.3 is 5.97 Å². The molecule has 0 fully saturated rings. The molecule has 88 valence electrons. The number of hydrogen-bond acceptors (Lipinski definition) is 2. The standard InChI is InChI=1S/C12H15ClO3/c1-7-6-8(13)4-5-9(7)10(14)12(2,3)11(15)16/h4-6,10,14H,1-3H3,(H,15,16). The van der Waals surface area contributed by atoms with Gasteiger partial charge in [-0.25, -0.2) is 0 Å². The molecule has 1 rings (SSSR count). The number of benzene rings is 1. The fourth-order valence-corrected chi connectivity index (χ4v) is 1.68. The Bertz CT molecular complexity index is 413. The molecule has 0 saturated carbocycles. The summed E-state index contributed by atoms with van der Waals surface area (Å²) >= 11 is 5.80. The highest BCUT2D eigenvalue weighted by atomic mass is 35.5. The molecule has 16 heavy (non-hydrogen) atoms. The Morgan fingerprint density at radius 2 is 2.00 bits per heavy atom. The molecule has 0 saturated heterocycles. The van der Waals surface area contributed by atoms with E-state index >= 15 is 0 Å². The first-order valence-corrected chi connectivity index (χ1v) is 5.32. The second kappa shape index (κ2) is 4.44. The third-order valence-corrected chi connectivity index (χ3v) is 3.00. The number of rotatable bonds is 3. The molecule has 0 amide bonds. The smallest absolute Gasteiger partial charge is 0.312 e. The third kappa shape index (κ3) is 2.36. The number of carboxylic acid groups (broad SMARTS) is 1. The number of carboxylic acids is 1. The van der Waals surface area contributed by atoms with E-state index in [-0.39, 0.29) is 0 Å². The Morgan fingerprint density at radius 3 is 2.44 bits per heavy atom. The van der Waals surface area contributed by atoms with Gasteiger partial charge in [0.1, 0.15) is 0 Å². The van der Waals surface area contributed by atoms with Crippen LogP contribution in [0.2, 0.25) is 5.02 Å². The minimum absolute atomic E-state index is 0.571. The van der Waals surface area contributed by atoms with Crippen LogP contribution >= 0.6 is 11.6 Å². The number of carbonyl (C=O) groups is 1. The fourth-order valence-electron chi connectivity index (χ4n) is 1.45. The second-order valence-corrected chi connectivity index (χ2v) is 4.87. The van der Waals surface area contributed by atoms with E-state index in [1.54, 1.807) is 25.1 Å². The van der Waals surface area contributed by atoms with Gasteiger partial charge in [0.25, 0.3) is 0 Å². The molecular formula is C12H15ClO3. The molecule has 0 heterocycles. The minimum Gasteiger partial charge on any atom is -0.481 e. The summed E-state index contributed by atoms with van der Waals surface area (Å²) in [6, 6.07) is 5.01. The predicted octanol–water partition coefficient (Wildman–Crippen LogP) is 2.79. The van der Waals surface area contributed by atoms with Crippen molar-refractivity contribution in [1.82, 2.24) is 0 Å². The van der Waals surface area contributed by atoms with Gasteiger partial charge in [0.15, 0.2) is 0 Å². The number of aliphatic hydroxyl groups excluding tert-OH is 1. The summed E-state index contributed by atoms with van der Waals surface area (Å²) in [4.78, 5) is 11.0. The van der Waals surface area contributed by atoms with E-state index in [9.17, 15) is 9.90 Å². The van der Waals surface area contributed by atoms with Crippen LogP contribution in [0.5, 0.6) is 0 Å². The van der Waals surface area contributed by atoms with Gasteiger partial charge in [0.05, 0.1) is 11.5 Å². The van der Waals surface area contributed by atoms with Crippen LogP contribution in [0.1, 0.15) is 31.1 Å². The van der Waals surface area contributed by atoms with Gasteiger partial charge in [0, 0.05) is 5.02 Å². The Balaban J connectivity index is 3.14. The van der Waals surface area contributed by atoms with Crippen molar-refractivity contribution in [3.05, 3.63) is 34.3 Å². The molecule has 0 aliphatic rings. The second-order valence-electron chi connectivity index (χ2n) is 4.43. The van der Waals surface area contributed by atoms with Crippen molar-refractivity contribution in [3.63, 3.8) is 0 Å². The predicted molar refractivity (Wildman–Crippen MR) is 62.6 cm³/mol. The molecule has 1 atom stereocenters. The van der Waals surface area contributed by atoms with Crippen molar-refractivity contribution < 1.29 is 15.0 Å². The van der Waals surface area contributed by atoms with Crippen molar-refractivity contribution in [2.45, 2.75) is 26.9 Å². The molecule has 4 heteroatoms. The van der Waals surface area contributed by atoms with Crippen LogP contribution in [0.3, 0.4) is 0 Å². The highest BCUT2D eigenvalue weighted by Gasteiger charge is 2.37. The zero-order valence-electron chi connectivity index (χ0n) is 9.49. The molecule has 0 aliphatic heterocycles. The maximum Gasteiger partial charge on any atom is 0.312 e. The zero-order valence-corrected chi connectivity index (χ0v) is 10.2. The largest absolute Gasteiger partial charge is 0.481 e. The van der Waals surface area contributed by atoms with Crippen LogP contribution in [0, 0.1) is 12.3 Å².